The summed E-state index contributed by atoms with van der Waals surface area (Å²) in [7, 11) is 0. The van der Waals surface area contributed by atoms with Gasteiger partial charge < -0.3 is 9.90 Å². The first kappa shape index (κ1) is 11.6. The fourth-order valence-electron chi connectivity index (χ4n) is 0.493. The topological polar surface area (TPSA) is 53.0 Å². The Morgan fingerprint density at radius 2 is 2.45 bits per heavy atom. The number of carboxylic acids is 1. The normalized spacial score (nSPS) is 8.82. The number of carbonyl (C=O) groups is 1. The van der Waals surface area contributed by atoms with Crippen molar-refractivity contribution in [3.63, 3.8) is 0 Å². The van der Waals surface area contributed by atoms with Crippen LogP contribution in [-0.4, -0.2) is 11.0 Å². The number of thiazole rings is 1. The minimum Gasteiger partial charge on any atom is -0.550 e. The Balaban J connectivity index is 0.000001000. The van der Waals surface area contributed by atoms with E-state index in [0.717, 1.165) is 3.79 Å². The van der Waals surface area contributed by atoms with Crippen molar-refractivity contribution in [2.45, 2.75) is 6.42 Å². The second kappa shape index (κ2) is 5.27. The molecule has 54 valence electrons. The third kappa shape index (κ3) is 4.22. The summed E-state index contributed by atoms with van der Waals surface area (Å²) in [6.45, 7) is 0. The maximum absolute atomic E-state index is 10.0. The second-order valence-electron chi connectivity index (χ2n) is 1.61. The number of aromatic nitrogens is 1. The van der Waals surface area contributed by atoms with Gasteiger partial charge in [-0.15, -0.1) is 11.3 Å². The average Bonchev–Trinajstić information content (AvgIpc) is 2.13. The molecule has 11 heavy (non-hydrogen) atoms. The van der Waals surface area contributed by atoms with Gasteiger partial charge in [-0.2, -0.15) is 0 Å². The van der Waals surface area contributed by atoms with Gasteiger partial charge in [0, 0.05) is 12.4 Å². The molecule has 0 aliphatic heterocycles. The number of hydrogen-bond donors (Lipinski definition) is 0. The number of hydrogen-bond acceptors (Lipinski definition) is 4. The van der Waals surface area contributed by atoms with Crippen LogP contribution in [0.2, 0.25) is 0 Å². The van der Waals surface area contributed by atoms with Crippen LogP contribution >= 0.6 is 27.3 Å². The number of carbonyl (C=O) groups excluding carboxylic acids is 1. The summed E-state index contributed by atoms with van der Waals surface area (Å²) in [6, 6.07) is 0. The van der Waals surface area contributed by atoms with Gasteiger partial charge in [-0.25, -0.2) is 4.98 Å². The van der Waals surface area contributed by atoms with Crippen molar-refractivity contribution in [1.82, 2.24) is 4.98 Å². The number of nitrogens with zero attached hydrogens (tertiary/aromatic N) is 1. The molecule has 0 saturated heterocycles. The number of halogens is 1. The molecular weight excluding hydrogens is 241 g/mol. The summed E-state index contributed by atoms with van der Waals surface area (Å²) in [5, 5.41) is 10.6. The van der Waals surface area contributed by atoms with Gasteiger partial charge in [0.2, 0.25) is 0 Å². The molecular formula is C5H3BrNNaO2S. The van der Waals surface area contributed by atoms with Crippen molar-refractivity contribution in [3.8, 4) is 0 Å². The molecule has 0 saturated carbocycles. The molecule has 1 aromatic rings. The average molecular weight is 244 g/mol. The standard InChI is InChI=1S/C5H4BrNO2S.Na/c6-3-2-7-4(10-3)1-5(8)9;/h2H,1H2,(H,8,9);/q;+1/p-1. The minimum absolute atomic E-state index is 0. The van der Waals surface area contributed by atoms with Crippen molar-refractivity contribution in [1.29, 1.82) is 0 Å². The molecule has 0 unspecified atom stereocenters. The van der Waals surface area contributed by atoms with E-state index in [-0.39, 0.29) is 36.0 Å². The van der Waals surface area contributed by atoms with Crippen molar-refractivity contribution >= 4 is 33.2 Å². The van der Waals surface area contributed by atoms with Crippen molar-refractivity contribution < 1.29 is 39.5 Å². The van der Waals surface area contributed by atoms with E-state index in [9.17, 15) is 9.90 Å². The van der Waals surface area contributed by atoms with Crippen LogP contribution < -0.4 is 34.7 Å². The zero-order valence-corrected chi connectivity index (χ0v) is 10.2. The Hall–Kier alpha value is 0.580. The van der Waals surface area contributed by atoms with E-state index in [1.807, 2.05) is 0 Å². The van der Waals surface area contributed by atoms with Crippen LogP contribution in [0.1, 0.15) is 5.01 Å². The van der Waals surface area contributed by atoms with Gasteiger partial charge in [0.05, 0.1) is 15.0 Å². The summed E-state index contributed by atoms with van der Waals surface area (Å²) in [5.74, 6) is -1.10. The van der Waals surface area contributed by atoms with E-state index in [2.05, 4.69) is 20.9 Å². The van der Waals surface area contributed by atoms with E-state index >= 15 is 0 Å². The van der Waals surface area contributed by atoms with Crippen LogP contribution in [0.5, 0.6) is 0 Å². The molecule has 0 aliphatic carbocycles. The quantitative estimate of drug-likeness (QED) is 0.528. The maximum atomic E-state index is 10.0. The van der Waals surface area contributed by atoms with E-state index < -0.39 is 5.97 Å². The van der Waals surface area contributed by atoms with Crippen LogP contribution in [0.15, 0.2) is 9.98 Å². The third-order valence-corrected chi connectivity index (χ3v) is 2.30. The van der Waals surface area contributed by atoms with Crippen LogP contribution in [0.4, 0.5) is 0 Å². The molecule has 1 heterocycles. The van der Waals surface area contributed by atoms with Crippen LogP contribution in [0.3, 0.4) is 0 Å². The van der Waals surface area contributed by atoms with Gasteiger partial charge in [0.1, 0.15) is 0 Å². The summed E-state index contributed by atoms with van der Waals surface area (Å²) >= 11 is 4.47. The van der Waals surface area contributed by atoms with E-state index in [4.69, 9.17) is 0 Å². The monoisotopic (exact) mass is 243 g/mol. The maximum Gasteiger partial charge on any atom is 1.00 e. The van der Waals surface area contributed by atoms with Crippen molar-refractivity contribution in [3.05, 3.63) is 15.0 Å². The predicted octanol–water partition coefficient (Wildman–Crippen LogP) is -2.80. The fourth-order valence-corrected chi connectivity index (χ4v) is 1.78. The van der Waals surface area contributed by atoms with Crippen LogP contribution in [0, 0.1) is 0 Å². The van der Waals surface area contributed by atoms with E-state index in [1.165, 1.54) is 11.3 Å². The van der Waals surface area contributed by atoms with Gasteiger partial charge in [-0.3, -0.25) is 0 Å². The van der Waals surface area contributed by atoms with Crippen LogP contribution in [0.25, 0.3) is 0 Å². The van der Waals surface area contributed by atoms with Crippen LogP contribution in [-0.2, 0) is 11.2 Å². The molecule has 0 atom stereocenters. The first-order valence-electron chi connectivity index (χ1n) is 2.48. The number of carboxylic acid groups (broad SMARTS) is 1. The Morgan fingerprint density at radius 3 is 2.82 bits per heavy atom. The van der Waals surface area contributed by atoms with Gasteiger partial charge >= 0.3 is 29.6 Å². The zero-order valence-electron chi connectivity index (χ0n) is 5.83. The van der Waals surface area contributed by atoms with Crippen molar-refractivity contribution in [2.75, 3.05) is 0 Å². The smallest absolute Gasteiger partial charge is 0.550 e. The molecule has 6 heteroatoms. The molecule has 1 aromatic heterocycles. The molecule has 0 amide bonds. The molecule has 0 aliphatic rings. The largest absolute Gasteiger partial charge is 1.00 e. The molecule has 0 radical (unpaired) electrons. The molecule has 0 bridgehead atoms. The third-order valence-electron chi connectivity index (χ3n) is 0.821. The van der Waals surface area contributed by atoms with Gasteiger partial charge in [-0.05, 0) is 15.9 Å². The van der Waals surface area contributed by atoms with E-state index in [0.29, 0.717) is 5.01 Å². The van der Waals surface area contributed by atoms with Gasteiger partial charge in [0.15, 0.2) is 0 Å². The van der Waals surface area contributed by atoms with E-state index in [1.54, 1.807) is 6.20 Å². The van der Waals surface area contributed by atoms with Crippen molar-refractivity contribution in [2.24, 2.45) is 0 Å². The SMILES string of the molecule is O=C([O-])Cc1ncc(Br)s1.[Na+]. The van der Waals surface area contributed by atoms with Gasteiger partial charge in [-0.1, -0.05) is 0 Å². The second-order valence-corrected chi connectivity index (χ2v) is 4.10. The first-order chi connectivity index (χ1) is 4.68. The Labute approximate surface area is 98.3 Å². The Bertz CT molecular complexity index is 252. The summed E-state index contributed by atoms with van der Waals surface area (Å²) in [5.41, 5.74) is 0. The zero-order chi connectivity index (χ0) is 7.56. The molecule has 0 N–H and O–H groups in total. The predicted molar refractivity (Wildman–Crippen MR) is 38.5 cm³/mol. The Morgan fingerprint density at radius 1 is 1.82 bits per heavy atom. The molecule has 0 spiro atoms. The summed E-state index contributed by atoms with van der Waals surface area (Å²) < 4.78 is 0.837. The Kier molecular flexibility index (Phi) is 5.54. The van der Waals surface area contributed by atoms with Gasteiger partial charge in [0.25, 0.3) is 0 Å². The minimum atomic E-state index is -1.10. The fraction of sp³-hybridized carbons (Fsp3) is 0.200. The molecule has 1 rings (SSSR count). The summed E-state index contributed by atoms with van der Waals surface area (Å²) in [4.78, 5) is 13.8. The summed E-state index contributed by atoms with van der Waals surface area (Å²) in [6.07, 6.45) is 1.47. The number of aliphatic carboxylic acids is 1. The molecule has 0 fully saturated rings. The molecule has 3 nitrogen and oxygen atoms in total. The number of rotatable bonds is 2. The molecule has 0 aromatic carbocycles. The first-order valence-corrected chi connectivity index (χ1v) is 4.09.